The Kier molecular flexibility index (Phi) is 6.19. The lowest BCUT2D eigenvalue weighted by Gasteiger charge is -2.26. The monoisotopic (exact) mass is 413 g/mol. The lowest BCUT2D eigenvalue weighted by atomic mass is 10.2. The molecule has 0 unspecified atom stereocenters. The summed E-state index contributed by atoms with van der Waals surface area (Å²) in [5.74, 6) is 0.453. The van der Waals surface area contributed by atoms with Gasteiger partial charge in [0.15, 0.2) is 24.8 Å². The summed E-state index contributed by atoms with van der Waals surface area (Å²) in [5.41, 5.74) is 0.577. The van der Waals surface area contributed by atoms with Crippen LogP contribution in [0.2, 0.25) is 0 Å². The van der Waals surface area contributed by atoms with Crippen molar-refractivity contribution in [1.29, 1.82) is 0 Å². The molecule has 0 N–H and O–H groups in total. The number of ether oxygens (including phenoxy) is 3. The number of carbonyl (C=O) groups is 1. The van der Waals surface area contributed by atoms with Crippen LogP contribution < -0.4 is 9.47 Å². The number of carbonyl (C=O) groups excluding carboxylic acids is 1. The van der Waals surface area contributed by atoms with Crippen molar-refractivity contribution in [3.8, 4) is 22.9 Å². The third-order valence-corrected chi connectivity index (χ3v) is 4.50. The largest absolute Gasteiger partial charge is 0.483 e. The Labute approximate surface area is 172 Å². The topological polar surface area (TPSA) is 86.9 Å². The van der Waals surface area contributed by atoms with Crippen LogP contribution in [-0.4, -0.2) is 53.9 Å². The van der Waals surface area contributed by atoms with Crippen molar-refractivity contribution >= 4 is 5.91 Å². The molecule has 1 fully saturated rings. The van der Waals surface area contributed by atoms with Gasteiger partial charge in [-0.2, -0.15) is 4.98 Å². The maximum atomic E-state index is 13.7. The van der Waals surface area contributed by atoms with Crippen molar-refractivity contribution in [1.82, 2.24) is 15.0 Å². The van der Waals surface area contributed by atoms with Gasteiger partial charge in [0.1, 0.15) is 5.75 Å². The van der Waals surface area contributed by atoms with E-state index in [2.05, 4.69) is 10.1 Å². The van der Waals surface area contributed by atoms with Gasteiger partial charge in [0.2, 0.25) is 5.82 Å². The molecule has 30 heavy (non-hydrogen) atoms. The van der Waals surface area contributed by atoms with E-state index in [1.165, 1.54) is 12.1 Å². The summed E-state index contributed by atoms with van der Waals surface area (Å²) in [6, 6.07) is 13.2. The van der Waals surface area contributed by atoms with Gasteiger partial charge in [-0.05, 0) is 24.3 Å². The van der Waals surface area contributed by atoms with Crippen LogP contribution in [0.5, 0.6) is 11.5 Å². The van der Waals surface area contributed by atoms with E-state index in [9.17, 15) is 9.18 Å². The van der Waals surface area contributed by atoms with E-state index in [0.717, 1.165) is 0 Å². The minimum atomic E-state index is -0.471. The van der Waals surface area contributed by atoms with Gasteiger partial charge in [-0.3, -0.25) is 4.79 Å². The Morgan fingerprint density at radius 2 is 1.77 bits per heavy atom. The number of para-hydroxylation sites is 2. The van der Waals surface area contributed by atoms with E-state index in [-0.39, 0.29) is 36.6 Å². The van der Waals surface area contributed by atoms with Gasteiger partial charge < -0.3 is 23.6 Å². The van der Waals surface area contributed by atoms with Gasteiger partial charge in [0.25, 0.3) is 11.8 Å². The van der Waals surface area contributed by atoms with Gasteiger partial charge in [-0.15, -0.1) is 0 Å². The molecule has 0 spiro atoms. The van der Waals surface area contributed by atoms with Crippen molar-refractivity contribution in [3.63, 3.8) is 0 Å². The van der Waals surface area contributed by atoms with Crippen molar-refractivity contribution in [2.75, 3.05) is 32.9 Å². The molecule has 1 amide bonds. The molecule has 0 aliphatic carbocycles. The van der Waals surface area contributed by atoms with Crippen LogP contribution in [0.3, 0.4) is 0 Å². The second-order valence-corrected chi connectivity index (χ2v) is 6.51. The van der Waals surface area contributed by atoms with Gasteiger partial charge >= 0.3 is 0 Å². The molecule has 1 saturated heterocycles. The molecule has 156 valence electrons. The molecule has 2 aromatic carbocycles. The number of hydrogen-bond acceptors (Lipinski definition) is 7. The number of benzene rings is 2. The average Bonchev–Trinajstić information content (AvgIpc) is 3.26. The SMILES string of the molecule is O=C(COc1ccccc1-c1noc(COc2ccccc2F)n1)N1CCOCC1. The quantitative estimate of drug-likeness (QED) is 0.589. The summed E-state index contributed by atoms with van der Waals surface area (Å²) in [6.45, 7) is 2.00. The van der Waals surface area contributed by atoms with E-state index >= 15 is 0 Å². The fourth-order valence-corrected chi connectivity index (χ4v) is 2.94. The van der Waals surface area contributed by atoms with Crippen LogP contribution in [0.15, 0.2) is 53.1 Å². The molecule has 3 aromatic rings. The first-order chi connectivity index (χ1) is 14.7. The van der Waals surface area contributed by atoms with Crippen molar-refractivity contribution in [2.24, 2.45) is 0 Å². The van der Waals surface area contributed by atoms with Crippen LogP contribution in [0, 0.1) is 5.82 Å². The molecule has 0 saturated carbocycles. The summed E-state index contributed by atoms with van der Waals surface area (Å²) in [6.07, 6.45) is 0. The Balaban J connectivity index is 1.41. The Hall–Kier alpha value is -3.46. The minimum absolute atomic E-state index is 0.0769. The lowest BCUT2D eigenvalue weighted by Crippen LogP contribution is -2.43. The van der Waals surface area contributed by atoms with Crippen LogP contribution in [0.25, 0.3) is 11.4 Å². The van der Waals surface area contributed by atoms with Crippen molar-refractivity contribution in [3.05, 3.63) is 60.2 Å². The maximum absolute atomic E-state index is 13.7. The number of aromatic nitrogens is 2. The summed E-state index contributed by atoms with van der Waals surface area (Å²) < 4.78 is 35.2. The molecular weight excluding hydrogens is 393 g/mol. The van der Waals surface area contributed by atoms with E-state index in [1.807, 2.05) is 0 Å². The molecule has 4 rings (SSSR count). The highest BCUT2D eigenvalue weighted by molar-refractivity contribution is 5.78. The standard InChI is InChI=1S/C21H20FN3O5/c22-16-6-2-4-8-18(16)28-13-19-23-21(24-30-19)15-5-1-3-7-17(15)29-14-20(26)25-9-11-27-12-10-25/h1-8H,9-14H2. The van der Waals surface area contributed by atoms with Gasteiger partial charge in [0, 0.05) is 13.1 Å². The molecule has 1 aliphatic rings. The fraction of sp³-hybridized carbons (Fsp3) is 0.286. The molecule has 0 atom stereocenters. The number of hydrogen-bond donors (Lipinski definition) is 0. The van der Waals surface area contributed by atoms with Crippen LogP contribution in [-0.2, 0) is 16.1 Å². The third kappa shape index (κ3) is 4.74. The summed E-state index contributed by atoms with van der Waals surface area (Å²) in [5, 5.41) is 3.95. The Morgan fingerprint density at radius 1 is 1.03 bits per heavy atom. The lowest BCUT2D eigenvalue weighted by molar-refractivity contribution is -0.137. The predicted molar refractivity (Wildman–Crippen MR) is 103 cm³/mol. The average molecular weight is 413 g/mol. The number of amides is 1. The molecule has 1 aliphatic heterocycles. The van der Waals surface area contributed by atoms with Crippen molar-refractivity contribution < 1.29 is 27.9 Å². The number of nitrogens with zero attached hydrogens (tertiary/aromatic N) is 3. The first kappa shape index (κ1) is 19.8. The Morgan fingerprint density at radius 3 is 2.57 bits per heavy atom. The van der Waals surface area contributed by atoms with E-state index in [1.54, 1.807) is 41.3 Å². The van der Waals surface area contributed by atoms with Gasteiger partial charge in [-0.1, -0.05) is 29.4 Å². The van der Waals surface area contributed by atoms with Crippen LogP contribution in [0.4, 0.5) is 4.39 Å². The Bertz CT molecular complexity index is 1000. The molecule has 2 heterocycles. The molecular formula is C21H20FN3O5. The zero-order chi connectivity index (χ0) is 20.8. The maximum Gasteiger partial charge on any atom is 0.264 e. The summed E-state index contributed by atoms with van der Waals surface area (Å²) in [4.78, 5) is 18.3. The smallest absolute Gasteiger partial charge is 0.264 e. The highest BCUT2D eigenvalue weighted by Crippen LogP contribution is 2.28. The zero-order valence-electron chi connectivity index (χ0n) is 16.1. The van der Waals surface area contributed by atoms with Crippen LogP contribution >= 0.6 is 0 Å². The third-order valence-electron chi connectivity index (χ3n) is 4.50. The highest BCUT2D eigenvalue weighted by Gasteiger charge is 2.19. The molecule has 8 nitrogen and oxygen atoms in total. The molecule has 1 aromatic heterocycles. The van der Waals surface area contributed by atoms with Crippen molar-refractivity contribution in [2.45, 2.75) is 6.61 Å². The van der Waals surface area contributed by atoms with Gasteiger partial charge in [0.05, 0.1) is 18.8 Å². The molecule has 0 bridgehead atoms. The van der Waals surface area contributed by atoms with E-state index < -0.39 is 5.82 Å². The number of halogens is 1. The fourth-order valence-electron chi connectivity index (χ4n) is 2.94. The van der Waals surface area contributed by atoms with E-state index in [0.29, 0.717) is 37.6 Å². The predicted octanol–water partition coefficient (Wildman–Crippen LogP) is 2.69. The second-order valence-electron chi connectivity index (χ2n) is 6.51. The minimum Gasteiger partial charge on any atom is -0.483 e. The number of rotatable bonds is 7. The summed E-state index contributed by atoms with van der Waals surface area (Å²) >= 11 is 0. The number of morpholine rings is 1. The van der Waals surface area contributed by atoms with Gasteiger partial charge in [-0.25, -0.2) is 4.39 Å². The highest BCUT2D eigenvalue weighted by atomic mass is 19.1. The second kappa shape index (κ2) is 9.36. The first-order valence-electron chi connectivity index (χ1n) is 9.48. The first-order valence-corrected chi connectivity index (χ1v) is 9.48. The van der Waals surface area contributed by atoms with E-state index in [4.69, 9.17) is 18.7 Å². The zero-order valence-corrected chi connectivity index (χ0v) is 16.1. The normalized spacial score (nSPS) is 13.8. The van der Waals surface area contributed by atoms with Crippen LogP contribution in [0.1, 0.15) is 5.89 Å². The molecule has 0 radical (unpaired) electrons. The molecule has 9 heteroatoms. The summed E-state index contributed by atoms with van der Waals surface area (Å²) in [7, 11) is 0.